The first-order valence-electron chi connectivity index (χ1n) is 5.84. The van der Waals surface area contributed by atoms with Crippen LogP contribution in [0.25, 0.3) is 10.9 Å². The molecule has 1 N–H and O–H groups in total. The second-order valence-electron chi connectivity index (χ2n) is 4.30. The summed E-state index contributed by atoms with van der Waals surface area (Å²) in [4.78, 5) is 15.4. The van der Waals surface area contributed by atoms with E-state index in [-0.39, 0.29) is 32.3 Å². The van der Waals surface area contributed by atoms with Crippen LogP contribution < -0.4 is 0 Å². The Morgan fingerprint density at radius 2 is 1.80 bits per heavy atom. The Bertz CT molecular complexity index is 826. The summed E-state index contributed by atoms with van der Waals surface area (Å²) in [6, 6.07) is 9.38. The molecule has 100 valence electrons. The molecule has 2 aromatic carbocycles. The summed E-state index contributed by atoms with van der Waals surface area (Å²) in [7, 11) is 0. The van der Waals surface area contributed by atoms with Crippen molar-refractivity contribution in [3.63, 3.8) is 0 Å². The minimum Gasteiger partial charge on any atom is -0.360 e. The van der Waals surface area contributed by atoms with Crippen molar-refractivity contribution >= 4 is 39.9 Å². The van der Waals surface area contributed by atoms with E-state index in [0.717, 1.165) is 0 Å². The number of hydrogen-bond donors (Lipinski definition) is 1. The number of ketones is 1. The van der Waals surface area contributed by atoms with Gasteiger partial charge >= 0.3 is 0 Å². The lowest BCUT2D eigenvalue weighted by Gasteiger charge is -2.04. The monoisotopic (exact) mass is 307 g/mol. The van der Waals surface area contributed by atoms with Gasteiger partial charge in [0.25, 0.3) is 0 Å². The summed E-state index contributed by atoms with van der Waals surface area (Å²) in [6.45, 7) is 0. The van der Waals surface area contributed by atoms with Crippen molar-refractivity contribution in [2.24, 2.45) is 0 Å². The zero-order valence-electron chi connectivity index (χ0n) is 10.1. The number of rotatable bonds is 2. The first kappa shape index (κ1) is 13.2. The smallest absolute Gasteiger partial charge is 0.196 e. The van der Waals surface area contributed by atoms with E-state index in [1.165, 1.54) is 12.3 Å². The molecule has 3 aromatic rings. The van der Waals surface area contributed by atoms with Crippen LogP contribution in [-0.2, 0) is 0 Å². The Balaban J connectivity index is 2.21. The van der Waals surface area contributed by atoms with Crippen molar-refractivity contribution in [1.29, 1.82) is 0 Å². The summed E-state index contributed by atoms with van der Waals surface area (Å²) in [5.41, 5.74) is 1.05. The highest BCUT2D eigenvalue weighted by Gasteiger charge is 2.19. The molecule has 0 saturated carbocycles. The van der Waals surface area contributed by atoms with Gasteiger partial charge in [-0.25, -0.2) is 4.39 Å². The number of H-pyrrole nitrogens is 1. The van der Waals surface area contributed by atoms with E-state index < -0.39 is 5.82 Å². The molecule has 2 nitrogen and oxygen atoms in total. The molecular formula is C15H8Cl2FNO. The lowest BCUT2D eigenvalue weighted by atomic mass is 10.0. The lowest BCUT2D eigenvalue weighted by molar-refractivity contribution is 0.104. The van der Waals surface area contributed by atoms with Crippen LogP contribution in [0.5, 0.6) is 0 Å². The maximum atomic E-state index is 13.9. The molecule has 0 aliphatic rings. The largest absolute Gasteiger partial charge is 0.360 e. The van der Waals surface area contributed by atoms with Crippen molar-refractivity contribution in [3.8, 4) is 0 Å². The molecule has 0 fully saturated rings. The van der Waals surface area contributed by atoms with Crippen LogP contribution in [-0.4, -0.2) is 10.8 Å². The average molecular weight is 308 g/mol. The van der Waals surface area contributed by atoms with Crippen LogP contribution in [0.1, 0.15) is 15.9 Å². The van der Waals surface area contributed by atoms with Gasteiger partial charge in [0.05, 0.1) is 15.6 Å². The second kappa shape index (κ2) is 4.93. The Kier molecular flexibility index (Phi) is 3.24. The number of hydrogen-bond acceptors (Lipinski definition) is 1. The fourth-order valence-electron chi connectivity index (χ4n) is 2.14. The molecule has 20 heavy (non-hydrogen) atoms. The number of halogens is 3. The van der Waals surface area contributed by atoms with E-state index in [0.29, 0.717) is 5.52 Å². The minimum atomic E-state index is -0.453. The highest BCUT2D eigenvalue weighted by molar-refractivity contribution is 6.44. The fourth-order valence-corrected chi connectivity index (χ4v) is 2.53. The van der Waals surface area contributed by atoms with Crippen LogP contribution in [0, 0.1) is 5.82 Å². The van der Waals surface area contributed by atoms with Crippen molar-refractivity contribution < 1.29 is 9.18 Å². The van der Waals surface area contributed by atoms with Crippen LogP contribution in [0.15, 0.2) is 42.6 Å². The highest BCUT2D eigenvalue weighted by atomic mass is 35.5. The average Bonchev–Trinajstić information content (AvgIpc) is 2.86. The van der Waals surface area contributed by atoms with Gasteiger partial charge in [-0.1, -0.05) is 35.3 Å². The van der Waals surface area contributed by atoms with Crippen LogP contribution >= 0.6 is 23.2 Å². The van der Waals surface area contributed by atoms with Crippen molar-refractivity contribution in [3.05, 3.63) is 69.6 Å². The molecule has 0 atom stereocenters. The molecule has 3 rings (SSSR count). The van der Waals surface area contributed by atoms with Crippen molar-refractivity contribution in [2.45, 2.75) is 0 Å². The summed E-state index contributed by atoms with van der Waals surface area (Å²) in [6.07, 6.45) is 1.48. The maximum absolute atomic E-state index is 13.9. The van der Waals surface area contributed by atoms with Gasteiger partial charge in [-0.3, -0.25) is 4.79 Å². The predicted octanol–water partition coefficient (Wildman–Crippen LogP) is 4.84. The van der Waals surface area contributed by atoms with Gasteiger partial charge in [0.15, 0.2) is 5.78 Å². The highest BCUT2D eigenvalue weighted by Crippen LogP contribution is 2.30. The van der Waals surface area contributed by atoms with E-state index in [4.69, 9.17) is 23.2 Å². The molecule has 0 unspecified atom stereocenters. The maximum Gasteiger partial charge on any atom is 0.196 e. The van der Waals surface area contributed by atoms with Crippen molar-refractivity contribution in [2.75, 3.05) is 0 Å². The normalized spacial score (nSPS) is 10.9. The van der Waals surface area contributed by atoms with Gasteiger partial charge in [0.2, 0.25) is 0 Å². The second-order valence-corrected chi connectivity index (χ2v) is 5.08. The number of carbonyl (C=O) groups is 1. The Hall–Kier alpha value is -1.84. The molecule has 5 heteroatoms. The molecule has 0 bridgehead atoms. The summed E-state index contributed by atoms with van der Waals surface area (Å²) in [5, 5.41) is 0.719. The summed E-state index contributed by atoms with van der Waals surface area (Å²) >= 11 is 11.9. The van der Waals surface area contributed by atoms with E-state index in [1.807, 2.05) is 0 Å². The van der Waals surface area contributed by atoms with Gasteiger partial charge in [0.1, 0.15) is 5.82 Å². The Morgan fingerprint density at radius 1 is 1.05 bits per heavy atom. The van der Waals surface area contributed by atoms with E-state index in [1.54, 1.807) is 30.3 Å². The topological polar surface area (TPSA) is 32.9 Å². The summed E-state index contributed by atoms with van der Waals surface area (Å²) < 4.78 is 13.9. The molecule has 0 radical (unpaired) electrons. The number of aromatic amines is 1. The SMILES string of the molecule is O=C(c1cccc(Cl)c1Cl)c1c[nH]c2cccc(F)c12. The molecular weight excluding hydrogens is 300 g/mol. The molecule has 1 aromatic heterocycles. The molecule has 0 aliphatic carbocycles. The third-order valence-electron chi connectivity index (χ3n) is 3.10. The molecule has 0 amide bonds. The van der Waals surface area contributed by atoms with Gasteiger partial charge in [-0.2, -0.15) is 0 Å². The zero-order chi connectivity index (χ0) is 14.3. The van der Waals surface area contributed by atoms with Gasteiger partial charge in [0, 0.05) is 22.7 Å². The van der Waals surface area contributed by atoms with E-state index in [9.17, 15) is 9.18 Å². The van der Waals surface area contributed by atoms with Gasteiger partial charge in [-0.05, 0) is 24.3 Å². The number of carbonyl (C=O) groups excluding carboxylic acids is 1. The van der Waals surface area contributed by atoms with E-state index in [2.05, 4.69) is 4.98 Å². The number of nitrogens with one attached hydrogen (secondary N) is 1. The molecule has 0 saturated heterocycles. The summed E-state index contributed by atoms with van der Waals surface area (Å²) in [5.74, 6) is -0.820. The standard InChI is InChI=1S/C15H8Cl2FNO/c16-10-4-1-3-8(14(10)17)15(20)9-7-19-12-6-2-5-11(18)13(9)12/h1-7,19H. The molecule has 1 heterocycles. The van der Waals surface area contributed by atoms with Crippen LogP contribution in [0.2, 0.25) is 10.0 Å². The number of fused-ring (bicyclic) bond motifs is 1. The lowest BCUT2D eigenvalue weighted by Crippen LogP contribution is -2.02. The Morgan fingerprint density at radius 3 is 2.60 bits per heavy atom. The van der Waals surface area contributed by atoms with E-state index >= 15 is 0 Å². The van der Waals surface area contributed by atoms with Crippen molar-refractivity contribution in [1.82, 2.24) is 4.98 Å². The third-order valence-corrected chi connectivity index (χ3v) is 3.91. The first-order chi connectivity index (χ1) is 9.59. The van der Waals surface area contributed by atoms with Gasteiger partial charge < -0.3 is 4.98 Å². The third kappa shape index (κ3) is 1.99. The number of benzene rings is 2. The van der Waals surface area contributed by atoms with Crippen LogP contribution in [0.3, 0.4) is 0 Å². The Labute approximate surface area is 124 Å². The zero-order valence-corrected chi connectivity index (χ0v) is 11.6. The number of aromatic nitrogens is 1. The molecule has 0 spiro atoms. The quantitative estimate of drug-likeness (QED) is 0.675. The fraction of sp³-hybridized carbons (Fsp3) is 0. The van der Waals surface area contributed by atoms with Crippen LogP contribution in [0.4, 0.5) is 4.39 Å². The van der Waals surface area contributed by atoms with Gasteiger partial charge in [-0.15, -0.1) is 0 Å². The minimum absolute atomic E-state index is 0.171. The predicted molar refractivity (Wildman–Crippen MR) is 78.2 cm³/mol. The first-order valence-corrected chi connectivity index (χ1v) is 6.59. The molecule has 0 aliphatic heterocycles.